The second-order valence-electron chi connectivity index (χ2n) is 5.33. The summed E-state index contributed by atoms with van der Waals surface area (Å²) in [4.78, 5) is 17.6. The van der Waals surface area contributed by atoms with Gasteiger partial charge in [0.2, 0.25) is 0 Å². The number of nitrogens with zero attached hydrogens (tertiary/aromatic N) is 3. The van der Waals surface area contributed by atoms with Gasteiger partial charge in [0.1, 0.15) is 0 Å². The highest BCUT2D eigenvalue weighted by atomic mass is 32.2. The molecule has 0 saturated carbocycles. The molecule has 0 atom stereocenters. The van der Waals surface area contributed by atoms with E-state index in [2.05, 4.69) is 15.4 Å². The predicted molar refractivity (Wildman–Crippen MR) is 95.8 cm³/mol. The van der Waals surface area contributed by atoms with Crippen molar-refractivity contribution in [1.82, 2.24) is 20.1 Å². The molecule has 0 aliphatic carbocycles. The molecule has 0 unspecified atom stereocenters. The van der Waals surface area contributed by atoms with Crippen molar-refractivity contribution in [3.8, 4) is 11.3 Å². The van der Waals surface area contributed by atoms with Gasteiger partial charge in [-0.25, -0.2) is 0 Å². The van der Waals surface area contributed by atoms with Crippen molar-refractivity contribution >= 4 is 17.7 Å². The molecule has 1 amide bonds. The van der Waals surface area contributed by atoms with Crippen LogP contribution >= 0.6 is 11.8 Å². The Morgan fingerprint density at radius 3 is 2.67 bits per heavy atom. The second kappa shape index (κ2) is 7.31. The minimum Gasteiger partial charge on any atom is -0.348 e. The monoisotopic (exact) mass is 338 g/mol. The molecule has 3 aromatic rings. The first-order valence-corrected chi connectivity index (χ1v) is 8.74. The van der Waals surface area contributed by atoms with Crippen LogP contribution in [0.1, 0.15) is 15.9 Å². The summed E-state index contributed by atoms with van der Waals surface area (Å²) in [5.74, 6) is -0.0893. The van der Waals surface area contributed by atoms with Gasteiger partial charge in [-0.15, -0.1) is 11.8 Å². The third-order valence-electron chi connectivity index (χ3n) is 3.72. The van der Waals surface area contributed by atoms with Crippen molar-refractivity contribution in [3.05, 3.63) is 66.1 Å². The van der Waals surface area contributed by atoms with Crippen molar-refractivity contribution in [2.24, 2.45) is 7.05 Å². The van der Waals surface area contributed by atoms with Crippen LogP contribution in [0.4, 0.5) is 0 Å². The number of thioether (sulfide) groups is 1. The highest BCUT2D eigenvalue weighted by Crippen LogP contribution is 2.18. The van der Waals surface area contributed by atoms with E-state index in [-0.39, 0.29) is 5.91 Å². The number of aromatic nitrogens is 3. The molecule has 1 aromatic carbocycles. The molecule has 0 fully saturated rings. The van der Waals surface area contributed by atoms with Gasteiger partial charge >= 0.3 is 0 Å². The zero-order valence-corrected chi connectivity index (χ0v) is 14.4. The summed E-state index contributed by atoms with van der Waals surface area (Å²) in [6.07, 6.45) is 7.32. The highest BCUT2D eigenvalue weighted by molar-refractivity contribution is 7.98. The lowest BCUT2D eigenvalue weighted by Gasteiger charge is -2.08. The molecule has 2 aromatic heterocycles. The van der Waals surface area contributed by atoms with Crippen molar-refractivity contribution in [2.75, 3.05) is 6.26 Å². The van der Waals surface area contributed by atoms with Crippen LogP contribution in [0.3, 0.4) is 0 Å². The fourth-order valence-corrected chi connectivity index (χ4v) is 2.82. The van der Waals surface area contributed by atoms with Crippen LogP contribution in [0.5, 0.6) is 0 Å². The lowest BCUT2D eigenvalue weighted by molar-refractivity contribution is 0.0951. The zero-order chi connectivity index (χ0) is 16.9. The topological polar surface area (TPSA) is 59.8 Å². The van der Waals surface area contributed by atoms with Crippen molar-refractivity contribution in [3.63, 3.8) is 0 Å². The maximum absolute atomic E-state index is 12.2. The molecule has 0 spiro atoms. The van der Waals surface area contributed by atoms with Gasteiger partial charge in [-0.1, -0.05) is 0 Å². The number of amides is 1. The summed E-state index contributed by atoms with van der Waals surface area (Å²) in [6, 6.07) is 11.5. The minimum absolute atomic E-state index is 0.0893. The number of aryl methyl sites for hydroxylation is 1. The van der Waals surface area contributed by atoms with Gasteiger partial charge in [0.15, 0.2) is 0 Å². The van der Waals surface area contributed by atoms with Crippen LogP contribution in [0.2, 0.25) is 0 Å². The van der Waals surface area contributed by atoms with Gasteiger partial charge < -0.3 is 5.32 Å². The lowest BCUT2D eigenvalue weighted by Crippen LogP contribution is -2.22. The first-order chi connectivity index (χ1) is 11.7. The molecule has 24 heavy (non-hydrogen) atoms. The second-order valence-corrected chi connectivity index (χ2v) is 6.21. The molecule has 3 rings (SSSR count). The quantitative estimate of drug-likeness (QED) is 0.726. The molecule has 0 bridgehead atoms. The van der Waals surface area contributed by atoms with Gasteiger partial charge in [0, 0.05) is 48.2 Å². The molecule has 2 heterocycles. The van der Waals surface area contributed by atoms with Crippen LogP contribution in [0.25, 0.3) is 11.3 Å². The number of pyridine rings is 1. The summed E-state index contributed by atoms with van der Waals surface area (Å²) in [5.41, 5.74) is 3.57. The SMILES string of the molecule is CSc1ccc(C(=O)NCc2cncc(-c3ccnn3C)c2)cc1. The smallest absolute Gasteiger partial charge is 0.251 e. The third kappa shape index (κ3) is 3.65. The van der Waals surface area contributed by atoms with E-state index < -0.39 is 0 Å². The average molecular weight is 338 g/mol. The Morgan fingerprint density at radius 1 is 1.21 bits per heavy atom. The van der Waals surface area contributed by atoms with Gasteiger partial charge in [0.05, 0.1) is 5.69 Å². The predicted octanol–water partition coefficient (Wildman–Crippen LogP) is 3.13. The van der Waals surface area contributed by atoms with E-state index in [0.29, 0.717) is 12.1 Å². The van der Waals surface area contributed by atoms with Crippen LogP contribution in [-0.4, -0.2) is 26.9 Å². The summed E-state index contributed by atoms with van der Waals surface area (Å²) >= 11 is 1.65. The normalized spacial score (nSPS) is 10.6. The molecule has 0 saturated heterocycles. The molecule has 122 valence electrons. The van der Waals surface area contributed by atoms with E-state index >= 15 is 0 Å². The molecule has 6 heteroatoms. The number of hydrogen-bond acceptors (Lipinski definition) is 4. The number of rotatable bonds is 5. The Labute approximate surface area is 145 Å². The highest BCUT2D eigenvalue weighted by Gasteiger charge is 2.07. The van der Waals surface area contributed by atoms with E-state index in [1.807, 2.05) is 49.7 Å². The minimum atomic E-state index is -0.0893. The summed E-state index contributed by atoms with van der Waals surface area (Å²) in [7, 11) is 1.89. The van der Waals surface area contributed by atoms with Crippen molar-refractivity contribution in [2.45, 2.75) is 11.4 Å². The van der Waals surface area contributed by atoms with Crippen LogP contribution in [0.15, 0.2) is 59.9 Å². The average Bonchev–Trinajstić information content (AvgIpc) is 3.06. The van der Waals surface area contributed by atoms with E-state index in [0.717, 1.165) is 21.7 Å². The van der Waals surface area contributed by atoms with E-state index in [4.69, 9.17) is 0 Å². The lowest BCUT2D eigenvalue weighted by atomic mass is 10.1. The summed E-state index contributed by atoms with van der Waals surface area (Å²) in [5, 5.41) is 7.10. The largest absolute Gasteiger partial charge is 0.348 e. The maximum Gasteiger partial charge on any atom is 0.251 e. The number of carbonyl (C=O) groups is 1. The van der Waals surface area contributed by atoms with Gasteiger partial charge in [-0.3, -0.25) is 14.5 Å². The standard InChI is InChI=1S/C18H18N4OS/c1-22-17(7-8-21-22)15-9-13(10-19-12-15)11-20-18(23)14-3-5-16(24-2)6-4-14/h3-10,12H,11H2,1-2H3,(H,20,23). The molecular weight excluding hydrogens is 320 g/mol. The Balaban J connectivity index is 1.68. The Kier molecular flexibility index (Phi) is 4.96. The van der Waals surface area contributed by atoms with Gasteiger partial charge in [-0.2, -0.15) is 5.10 Å². The Hall–Kier alpha value is -2.60. The number of hydrogen-bond donors (Lipinski definition) is 1. The Bertz CT molecular complexity index is 842. The molecule has 0 radical (unpaired) electrons. The van der Waals surface area contributed by atoms with E-state index in [1.54, 1.807) is 35.0 Å². The first kappa shape index (κ1) is 16.3. The van der Waals surface area contributed by atoms with Crippen LogP contribution in [-0.2, 0) is 13.6 Å². The zero-order valence-electron chi connectivity index (χ0n) is 13.6. The maximum atomic E-state index is 12.2. The number of carbonyl (C=O) groups excluding carboxylic acids is 1. The van der Waals surface area contributed by atoms with Gasteiger partial charge in [-0.05, 0) is 48.2 Å². The van der Waals surface area contributed by atoms with Crippen molar-refractivity contribution in [1.29, 1.82) is 0 Å². The molecule has 0 aliphatic rings. The molecule has 5 nitrogen and oxygen atoms in total. The Morgan fingerprint density at radius 2 is 2.00 bits per heavy atom. The van der Waals surface area contributed by atoms with E-state index in [9.17, 15) is 4.79 Å². The fraction of sp³-hybridized carbons (Fsp3) is 0.167. The van der Waals surface area contributed by atoms with Crippen LogP contribution in [0, 0.1) is 0 Å². The fourth-order valence-electron chi connectivity index (χ4n) is 2.41. The molecule has 0 aliphatic heterocycles. The van der Waals surface area contributed by atoms with E-state index in [1.165, 1.54) is 0 Å². The number of nitrogens with one attached hydrogen (secondary N) is 1. The number of benzene rings is 1. The summed E-state index contributed by atoms with van der Waals surface area (Å²) < 4.78 is 1.80. The van der Waals surface area contributed by atoms with Gasteiger partial charge in [0.25, 0.3) is 5.91 Å². The third-order valence-corrected chi connectivity index (χ3v) is 4.46. The molecular formula is C18H18N4OS. The van der Waals surface area contributed by atoms with Crippen LogP contribution < -0.4 is 5.32 Å². The molecule has 1 N–H and O–H groups in total. The first-order valence-electron chi connectivity index (χ1n) is 7.52. The van der Waals surface area contributed by atoms with Crippen molar-refractivity contribution < 1.29 is 4.79 Å². The summed E-state index contributed by atoms with van der Waals surface area (Å²) in [6.45, 7) is 0.432.